The van der Waals surface area contributed by atoms with Crippen molar-refractivity contribution in [3.8, 4) is 0 Å². The van der Waals surface area contributed by atoms with E-state index < -0.39 is 0 Å². The normalized spacial score (nSPS) is 11.1. The third kappa shape index (κ3) is 2.82. The van der Waals surface area contributed by atoms with Gasteiger partial charge in [-0.2, -0.15) is 5.10 Å². The monoisotopic (exact) mass is 270 g/mol. The number of aromatic nitrogens is 2. The van der Waals surface area contributed by atoms with E-state index in [0.717, 1.165) is 22.5 Å². The summed E-state index contributed by atoms with van der Waals surface area (Å²) in [5.74, 6) is 0.640. The minimum atomic E-state index is 0.152. The largest absolute Gasteiger partial charge is 0.294 e. The molecule has 0 aliphatic rings. The van der Waals surface area contributed by atoms with Crippen molar-refractivity contribution in [1.29, 1.82) is 0 Å². The molecule has 0 saturated heterocycles. The average molecular weight is 270 g/mol. The van der Waals surface area contributed by atoms with E-state index in [2.05, 4.69) is 18.9 Å². The van der Waals surface area contributed by atoms with Gasteiger partial charge in [0, 0.05) is 30.3 Å². The van der Waals surface area contributed by atoms with E-state index in [9.17, 15) is 4.79 Å². The van der Waals surface area contributed by atoms with Crippen molar-refractivity contribution in [3.05, 3.63) is 52.3 Å². The number of carbonyl (C=O) groups is 1. The van der Waals surface area contributed by atoms with Crippen molar-refractivity contribution in [1.82, 2.24) is 9.78 Å². The summed E-state index contributed by atoms with van der Waals surface area (Å²) in [5, 5.41) is 4.36. The summed E-state index contributed by atoms with van der Waals surface area (Å²) in [7, 11) is 1.91. The Balaban J connectivity index is 2.20. The Bertz CT molecular complexity index is 621. The molecular formula is C17H22N2O. The minimum absolute atomic E-state index is 0.152. The molecule has 0 spiro atoms. The third-order valence-corrected chi connectivity index (χ3v) is 3.90. The Kier molecular flexibility index (Phi) is 4.07. The summed E-state index contributed by atoms with van der Waals surface area (Å²) >= 11 is 0. The Morgan fingerprint density at radius 1 is 1.20 bits per heavy atom. The van der Waals surface area contributed by atoms with Gasteiger partial charge in [0.15, 0.2) is 5.78 Å². The molecule has 2 aromatic rings. The number of nitrogens with zero attached hydrogens (tertiary/aromatic N) is 2. The summed E-state index contributed by atoms with van der Waals surface area (Å²) in [6.45, 7) is 8.26. The van der Waals surface area contributed by atoms with Crippen LogP contribution in [0.15, 0.2) is 24.3 Å². The highest BCUT2D eigenvalue weighted by Gasteiger charge is 2.15. The number of carbonyl (C=O) groups excluding carboxylic acids is 1. The van der Waals surface area contributed by atoms with E-state index in [1.165, 1.54) is 5.56 Å². The van der Waals surface area contributed by atoms with E-state index in [1.807, 2.05) is 49.8 Å². The third-order valence-electron chi connectivity index (χ3n) is 3.90. The molecule has 106 valence electrons. The quantitative estimate of drug-likeness (QED) is 0.796. The number of rotatable bonds is 4. The maximum Gasteiger partial charge on any atom is 0.167 e. The number of hydrogen-bond donors (Lipinski definition) is 0. The molecule has 20 heavy (non-hydrogen) atoms. The Morgan fingerprint density at radius 3 is 2.25 bits per heavy atom. The summed E-state index contributed by atoms with van der Waals surface area (Å²) in [6.07, 6.45) is 0.423. The first-order chi connectivity index (χ1) is 9.40. The average Bonchev–Trinajstić information content (AvgIpc) is 2.65. The van der Waals surface area contributed by atoms with Gasteiger partial charge < -0.3 is 0 Å². The summed E-state index contributed by atoms with van der Waals surface area (Å²) in [4.78, 5) is 12.4. The zero-order chi connectivity index (χ0) is 14.9. The van der Waals surface area contributed by atoms with Crippen LogP contribution in [0.2, 0.25) is 0 Å². The molecule has 1 aromatic heterocycles. The van der Waals surface area contributed by atoms with Crippen molar-refractivity contribution in [3.63, 3.8) is 0 Å². The van der Waals surface area contributed by atoms with Crippen LogP contribution in [-0.2, 0) is 13.5 Å². The number of ketones is 1. The highest BCUT2D eigenvalue weighted by Crippen LogP contribution is 2.18. The van der Waals surface area contributed by atoms with Crippen molar-refractivity contribution >= 4 is 5.78 Å². The van der Waals surface area contributed by atoms with Gasteiger partial charge in [0.05, 0.1) is 5.69 Å². The maximum absolute atomic E-state index is 12.4. The van der Waals surface area contributed by atoms with Crippen LogP contribution in [0.3, 0.4) is 0 Å². The summed E-state index contributed by atoms with van der Waals surface area (Å²) in [6, 6.07) is 7.94. The molecule has 0 bridgehead atoms. The van der Waals surface area contributed by atoms with Gasteiger partial charge in [0.2, 0.25) is 0 Å². The summed E-state index contributed by atoms with van der Waals surface area (Å²) < 4.78 is 1.83. The first-order valence-corrected chi connectivity index (χ1v) is 7.02. The van der Waals surface area contributed by atoms with Crippen LogP contribution in [0.25, 0.3) is 0 Å². The molecule has 0 aliphatic carbocycles. The second kappa shape index (κ2) is 5.61. The number of hydrogen-bond acceptors (Lipinski definition) is 2. The Morgan fingerprint density at radius 2 is 1.80 bits per heavy atom. The lowest BCUT2D eigenvalue weighted by molar-refractivity contribution is 0.0992. The first-order valence-electron chi connectivity index (χ1n) is 7.02. The molecule has 2 rings (SSSR count). The highest BCUT2D eigenvalue weighted by molar-refractivity contribution is 5.97. The van der Waals surface area contributed by atoms with E-state index in [4.69, 9.17) is 0 Å². The lowest BCUT2D eigenvalue weighted by atomic mass is 9.97. The SMILES string of the molecule is Cc1nn(C)c(C)c1CC(=O)c1ccc(C(C)C)cc1. The van der Waals surface area contributed by atoms with Crippen LogP contribution in [0.5, 0.6) is 0 Å². The van der Waals surface area contributed by atoms with Crippen LogP contribution in [0, 0.1) is 13.8 Å². The molecule has 0 N–H and O–H groups in total. The zero-order valence-electron chi connectivity index (χ0n) is 12.9. The van der Waals surface area contributed by atoms with Gasteiger partial charge in [-0.3, -0.25) is 9.48 Å². The van der Waals surface area contributed by atoms with Gasteiger partial charge in [0.1, 0.15) is 0 Å². The fourth-order valence-electron chi connectivity index (χ4n) is 2.39. The van der Waals surface area contributed by atoms with Gasteiger partial charge in [-0.1, -0.05) is 38.1 Å². The summed E-state index contributed by atoms with van der Waals surface area (Å²) in [5.41, 5.74) is 5.09. The van der Waals surface area contributed by atoms with Gasteiger partial charge in [-0.25, -0.2) is 0 Å². The molecule has 3 heteroatoms. The fraction of sp³-hybridized carbons (Fsp3) is 0.412. The predicted molar refractivity (Wildman–Crippen MR) is 81.2 cm³/mol. The van der Waals surface area contributed by atoms with Gasteiger partial charge in [-0.15, -0.1) is 0 Å². The van der Waals surface area contributed by atoms with Crippen LogP contribution < -0.4 is 0 Å². The first kappa shape index (κ1) is 14.5. The van der Waals surface area contributed by atoms with E-state index in [-0.39, 0.29) is 5.78 Å². The lowest BCUT2D eigenvalue weighted by Crippen LogP contribution is -2.06. The molecule has 0 amide bonds. The number of benzene rings is 1. The molecule has 0 aliphatic heterocycles. The van der Waals surface area contributed by atoms with E-state index >= 15 is 0 Å². The molecular weight excluding hydrogens is 248 g/mol. The second-order valence-corrected chi connectivity index (χ2v) is 5.65. The van der Waals surface area contributed by atoms with Gasteiger partial charge >= 0.3 is 0 Å². The number of aryl methyl sites for hydroxylation is 2. The lowest BCUT2D eigenvalue weighted by Gasteiger charge is -2.07. The predicted octanol–water partition coefficient (Wildman–Crippen LogP) is 3.59. The van der Waals surface area contributed by atoms with Crippen molar-refractivity contribution in [2.45, 2.75) is 40.0 Å². The van der Waals surface area contributed by atoms with Crippen molar-refractivity contribution < 1.29 is 4.79 Å². The molecule has 0 unspecified atom stereocenters. The molecule has 1 heterocycles. The standard InChI is InChI=1S/C17H22N2O/c1-11(2)14-6-8-15(9-7-14)17(20)10-16-12(3)18-19(5)13(16)4/h6-9,11H,10H2,1-5H3. The highest BCUT2D eigenvalue weighted by atomic mass is 16.1. The second-order valence-electron chi connectivity index (χ2n) is 5.65. The zero-order valence-corrected chi connectivity index (χ0v) is 12.9. The maximum atomic E-state index is 12.4. The van der Waals surface area contributed by atoms with Crippen LogP contribution >= 0.6 is 0 Å². The number of Topliss-reactive ketones (excluding diaryl/α,β-unsaturated/α-hetero) is 1. The minimum Gasteiger partial charge on any atom is -0.294 e. The van der Waals surface area contributed by atoms with Crippen LogP contribution in [0.4, 0.5) is 0 Å². The van der Waals surface area contributed by atoms with Crippen LogP contribution in [-0.4, -0.2) is 15.6 Å². The van der Waals surface area contributed by atoms with E-state index in [0.29, 0.717) is 12.3 Å². The van der Waals surface area contributed by atoms with Gasteiger partial charge in [0.25, 0.3) is 0 Å². The van der Waals surface area contributed by atoms with Crippen molar-refractivity contribution in [2.24, 2.45) is 7.05 Å². The van der Waals surface area contributed by atoms with Crippen molar-refractivity contribution in [2.75, 3.05) is 0 Å². The smallest absolute Gasteiger partial charge is 0.167 e. The molecule has 0 atom stereocenters. The Labute approximate surface area is 120 Å². The topological polar surface area (TPSA) is 34.9 Å². The molecule has 1 aromatic carbocycles. The molecule has 0 saturated carbocycles. The molecule has 3 nitrogen and oxygen atoms in total. The van der Waals surface area contributed by atoms with Crippen LogP contribution in [0.1, 0.15) is 52.6 Å². The van der Waals surface area contributed by atoms with Gasteiger partial charge in [-0.05, 0) is 25.3 Å². The van der Waals surface area contributed by atoms with E-state index in [1.54, 1.807) is 0 Å². The Hall–Kier alpha value is -1.90. The fourth-order valence-corrected chi connectivity index (χ4v) is 2.39. The molecule has 0 fully saturated rings. The molecule has 0 radical (unpaired) electrons.